The highest BCUT2D eigenvalue weighted by atomic mass is 79.9. The van der Waals surface area contributed by atoms with E-state index in [0.29, 0.717) is 18.3 Å². The lowest BCUT2D eigenvalue weighted by Gasteiger charge is -2.29. The number of aliphatic hydroxyl groups is 1. The van der Waals surface area contributed by atoms with Crippen molar-refractivity contribution in [3.05, 3.63) is 0 Å². The number of aliphatic hydroxyl groups excluding tert-OH is 1. The lowest BCUT2D eigenvalue weighted by molar-refractivity contribution is -0.121. The Kier molecular flexibility index (Phi) is 7.19. The molecule has 0 rings (SSSR count). The van der Waals surface area contributed by atoms with E-state index in [1.54, 1.807) is 0 Å². The van der Waals surface area contributed by atoms with Gasteiger partial charge in [0.2, 0.25) is 5.91 Å². The van der Waals surface area contributed by atoms with Gasteiger partial charge in [-0.25, -0.2) is 0 Å². The van der Waals surface area contributed by atoms with Crippen molar-refractivity contribution in [2.75, 3.05) is 18.5 Å². The van der Waals surface area contributed by atoms with Crippen molar-refractivity contribution < 1.29 is 9.90 Å². The Bertz CT molecular complexity index is 161. The summed E-state index contributed by atoms with van der Waals surface area (Å²) in [6, 6.07) is 0. The van der Waals surface area contributed by atoms with Gasteiger partial charge in [-0.3, -0.25) is 4.79 Å². The van der Waals surface area contributed by atoms with Gasteiger partial charge in [-0.2, -0.15) is 0 Å². The van der Waals surface area contributed by atoms with Crippen molar-refractivity contribution in [1.82, 2.24) is 5.32 Å². The summed E-state index contributed by atoms with van der Waals surface area (Å²) in [6.07, 6.45) is 2.26. The third-order valence-corrected chi connectivity index (χ3v) is 3.21. The molecular weight excluding hydrogens is 246 g/mol. The Morgan fingerprint density at radius 3 is 2.36 bits per heavy atom. The second-order valence-corrected chi connectivity index (χ2v) is 4.37. The van der Waals surface area contributed by atoms with Crippen LogP contribution in [0.25, 0.3) is 0 Å². The van der Waals surface area contributed by atoms with Crippen LogP contribution < -0.4 is 5.32 Å². The van der Waals surface area contributed by atoms with Gasteiger partial charge in [-0.05, 0) is 12.8 Å². The lowest BCUT2D eigenvalue weighted by atomic mass is 9.83. The summed E-state index contributed by atoms with van der Waals surface area (Å²) in [4.78, 5) is 11.2. The highest BCUT2D eigenvalue weighted by Crippen LogP contribution is 2.24. The molecule has 0 aromatic carbocycles. The number of nitrogens with one attached hydrogen (secondary N) is 1. The molecule has 0 radical (unpaired) electrons. The van der Waals surface area contributed by atoms with E-state index in [9.17, 15) is 9.90 Å². The molecule has 0 fully saturated rings. The first kappa shape index (κ1) is 13.9. The van der Waals surface area contributed by atoms with Crippen molar-refractivity contribution in [3.8, 4) is 0 Å². The molecule has 0 aliphatic carbocycles. The van der Waals surface area contributed by atoms with Crippen LogP contribution in [0.3, 0.4) is 0 Å². The maximum absolute atomic E-state index is 11.2. The molecule has 0 aliphatic rings. The number of halogens is 1. The second-order valence-electron chi connectivity index (χ2n) is 3.58. The molecular formula is C10H20BrNO2. The van der Waals surface area contributed by atoms with Crippen molar-refractivity contribution in [2.24, 2.45) is 5.41 Å². The van der Waals surface area contributed by atoms with Crippen LogP contribution in [0, 0.1) is 5.41 Å². The molecule has 0 saturated carbocycles. The van der Waals surface area contributed by atoms with Gasteiger partial charge in [0.25, 0.3) is 0 Å². The quantitative estimate of drug-likeness (QED) is 0.689. The van der Waals surface area contributed by atoms with Gasteiger partial charge in [-0.15, -0.1) is 0 Å². The van der Waals surface area contributed by atoms with Gasteiger partial charge in [0.15, 0.2) is 0 Å². The minimum absolute atomic E-state index is 0.0431. The van der Waals surface area contributed by atoms with Crippen LogP contribution in [0.4, 0.5) is 0 Å². The summed E-state index contributed by atoms with van der Waals surface area (Å²) in [6.45, 7) is 4.78. The number of alkyl halides is 1. The standard InChI is InChI=1S/C10H20BrNO2/c1-3-10(4-2,8-13)7-12-9(14)5-6-11/h13H,3-8H2,1-2H3,(H,12,14). The predicted molar refractivity (Wildman–Crippen MR) is 61.5 cm³/mol. The van der Waals surface area contributed by atoms with E-state index in [-0.39, 0.29) is 17.9 Å². The number of carbonyl (C=O) groups is 1. The first-order chi connectivity index (χ1) is 6.64. The fourth-order valence-electron chi connectivity index (χ4n) is 1.24. The fraction of sp³-hybridized carbons (Fsp3) is 0.900. The van der Waals surface area contributed by atoms with E-state index in [1.807, 2.05) is 13.8 Å². The molecule has 0 aliphatic heterocycles. The number of hydrogen-bond donors (Lipinski definition) is 2. The Balaban J connectivity index is 3.99. The van der Waals surface area contributed by atoms with Crippen LogP contribution in [-0.4, -0.2) is 29.5 Å². The SMILES string of the molecule is CCC(CC)(CO)CNC(=O)CCBr. The summed E-state index contributed by atoms with van der Waals surface area (Å²) < 4.78 is 0. The van der Waals surface area contributed by atoms with Crippen LogP contribution in [0.1, 0.15) is 33.1 Å². The molecule has 0 atom stereocenters. The van der Waals surface area contributed by atoms with Crippen molar-refractivity contribution in [1.29, 1.82) is 0 Å². The summed E-state index contributed by atoms with van der Waals surface area (Å²) in [5, 5.41) is 12.8. The van der Waals surface area contributed by atoms with Crippen molar-refractivity contribution in [3.63, 3.8) is 0 Å². The Labute approximate surface area is 94.4 Å². The van der Waals surface area contributed by atoms with E-state index in [1.165, 1.54) is 0 Å². The van der Waals surface area contributed by atoms with E-state index < -0.39 is 0 Å². The van der Waals surface area contributed by atoms with Gasteiger partial charge >= 0.3 is 0 Å². The minimum atomic E-state index is -0.137. The van der Waals surface area contributed by atoms with Gasteiger partial charge in [-0.1, -0.05) is 29.8 Å². The summed E-state index contributed by atoms with van der Waals surface area (Å²) in [7, 11) is 0. The molecule has 0 unspecified atom stereocenters. The van der Waals surface area contributed by atoms with Crippen LogP contribution in [0.5, 0.6) is 0 Å². The normalized spacial score (nSPS) is 11.4. The van der Waals surface area contributed by atoms with Gasteiger partial charge in [0.1, 0.15) is 0 Å². The molecule has 0 heterocycles. The topological polar surface area (TPSA) is 49.3 Å². The third kappa shape index (κ3) is 4.42. The fourth-order valence-corrected chi connectivity index (χ4v) is 1.60. The maximum atomic E-state index is 11.2. The van der Waals surface area contributed by atoms with E-state index >= 15 is 0 Å². The van der Waals surface area contributed by atoms with Gasteiger partial charge < -0.3 is 10.4 Å². The van der Waals surface area contributed by atoms with Crippen molar-refractivity contribution in [2.45, 2.75) is 33.1 Å². The summed E-state index contributed by atoms with van der Waals surface area (Å²) in [5.74, 6) is 0.0431. The minimum Gasteiger partial charge on any atom is -0.396 e. The van der Waals surface area contributed by atoms with Gasteiger partial charge in [0.05, 0.1) is 6.61 Å². The maximum Gasteiger partial charge on any atom is 0.220 e. The molecule has 0 spiro atoms. The number of amides is 1. The van der Waals surface area contributed by atoms with Gasteiger partial charge in [0, 0.05) is 23.7 Å². The number of carbonyl (C=O) groups excluding carboxylic acids is 1. The van der Waals surface area contributed by atoms with E-state index in [2.05, 4.69) is 21.2 Å². The molecule has 14 heavy (non-hydrogen) atoms. The largest absolute Gasteiger partial charge is 0.396 e. The lowest BCUT2D eigenvalue weighted by Crippen LogP contribution is -2.39. The Morgan fingerprint density at radius 1 is 1.43 bits per heavy atom. The monoisotopic (exact) mass is 265 g/mol. The Hall–Kier alpha value is -0.0900. The third-order valence-electron chi connectivity index (χ3n) is 2.82. The zero-order valence-electron chi connectivity index (χ0n) is 8.98. The molecule has 0 aromatic heterocycles. The van der Waals surface area contributed by atoms with E-state index in [4.69, 9.17) is 0 Å². The molecule has 84 valence electrons. The summed E-state index contributed by atoms with van der Waals surface area (Å²) >= 11 is 3.21. The highest BCUT2D eigenvalue weighted by molar-refractivity contribution is 9.09. The second kappa shape index (κ2) is 7.23. The summed E-state index contributed by atoms with van der Waals surface area (Å²) in [5.41, 5.74) is -0.137. The van der Waals surface area contributed by atoms with Crippen molar-refractivity contribution >= 4 is 21.8 Å². The first-order valence-corrected chi connectivity index (χ1v) is 6.19. The van der Waals surface area contributed by atoms with E-state index in [0.717, 1.165) is 12.8 Å². The van der Waals surface area contributed by atoms with Crippen LogP contribution in [0.2, 0.25) is 0 Å². The zero-order chi connectivity index (χ0) is 11.0. The first-order valence-electron chi connectivity index (χ1n) is 5.07. The molecule has 2 N–H and O–H groups in total. The number of hydrogen-bond acceptors (Lipinski definition) is 2. The molecule has 3 nitrogen and oxygen atoms in total. The zero-order valence-corrected chi connectivity index (χ0v) is 10.6. The number of rotatable bonds is 7. The molecule has 0 saturated heterocycles. The average molecular weight is 266 g/mol. The molecule has 1 amide bonds. The Morgan fingerprint density at radius 2 is 2.00 bits per heavy atom. The molecule has 0 bridgehead atoms. The molecule has 0 aromatic rings. The highest BCUT2D eigenvalue weighted by Gasteiger charge is 2.25. The van der Waals surface area contributed by atoms with Crippen LogP contribution in [0.15, 0.2) is 0 Å². The predicted octanol–water partition coefficient (Wildman–Crippen LogP) is 1.69. The van der Waals surface area contributed by atoms with Crippen LogP contribution >= 0.6 is 15.9 Å². The smallest absolute Gasteiger partial charge is 0.220 e. The van der Waals surface area contributed by atoms with Crippen LogP contribution in [-0.2, 0) is 4.79 Å². The average Bonchev–Trinajstić information content (AvgIpc) is 2.21. The molecule has 4 heteroatoms.